The normalized spacial score (nSPS) is 22.8. The molecule has 1 heterocycles. The van der Waals surface area contributed by atoms with Crippen molar-refractivity contribution in [3.05, 3.63) is 16.9 Å². The predicted molar refractivity (Wildman–Crippen MR) is 32.1 cm³/mol. The highest BCUT2D eigenvalue weighted by Gasteiger charge is 2.00. The lowest BCUT2D eigenvalue weighted by Crippen LogP contribution is -1.95. The van der Waals surface area contributed by atoms with Crippen LogP contribution in [0, 0.1) is 5.37 Å². The molecule has 0 atom stereocenters. The van der Waals surface area contributed by atoms with Gasteiger partial charge in [0.1, 0.15) is 5.37 Å². The summed E-state index contributed by atoms with van der Waals surface area (Å²) in [5, 5.41) is 2.88. The van der Waals surface area contributed by atoms with E-state index in [1.165, 1.54) is 11.9 Å². The molecule has 0 aromatic heterocycles. The summed E-state index contributed by atoms with van der Waals surface area (Å²) >= 11 is 5.53. The van der Waals surface area contributed by atoms with Crippen molar-refractivity contribution in [3.63, 3.8) is 0 Å². The van der Waals surface area contributed by atoms with Crippen LogP contribution in [0.4, 0.5) is 0 Å². The monoisotopic (exact) mass is 118 g/mol. The average Bonchev–Trinajstić information content (AvgIpc) is 1.86. The van der Waals surface area contributed by atoms with Crippen molar-refractivity contribution in [1.82, 2.24) is 4.72 Å². The number of thiol groups is 1. The summed E-state index contributed by atoms with van der Waals surface area (Å²) in [6.45, 7) is 0. The van der Waals surface area contributed by atoms with Crippen molar-refractivity contribution in [2.75, 3.05) is 0 Å². The second kappa shape index (κ2) is 1.91. The van der Waals surface area contributed by atoms with Crippen LogP contribution < -0.4 is 4.72 Å². The molecular formula is C3H4NS2. The van der Waals surface area contributed by atoms with Gasteiger partial charge in [0.25, 0.3) is 0 Å². The summed E-state index contributed by atoms with van der Waals surface area (Å²) in [4.78, 5) is 0. The molecule has 1 nitrogen and oxygen atoms in total. The zero-order chi connectivity index (χ0) is 4.41. The minimum atomic E-state index is 0.931. The van der Waals surface area contributed by atoms with E-state index in [0.717, 1.165) is 5.37 Å². The van der Waals surface area contributed by atoms with Gasteiger partial charge < -0.3 is 0 Å². The Kier molecular flexibility index (Phi) is 1.45. The van der Waals surface area contributed by atoms with E-state index in [1.807, 2.05) is 11.5 Å². The van der Waals surface area contributed by atoms with Gasteiger partial charge in [0, 0.05) is 0 Å². The van der Waals surface area contributed by atoms with Crippen molar-refractivity contribution in [1.29, 1.82) is 0 Å². The molecule has 6 heavy (non-hydrogen) atoms. The molecule has 0 amide bonds. The van der Waals surface area contributed by atoms with Crippen LogP contribution in [0.15, 0.2) is 11.5 Å². The quantitative estimate of drug-likeness (QED) is 0.366. The fraction of sp³-hybridized carbons (Fsp3) is 0. The Morgan fingerprint density at radius 3 is 2.83 bits per heavy atom. The van der Waals surface area contributed by atoms with Crippen LogP contribution in [0.1, 0.15) is 0 Å². The zero-order valence-corrected chi connectivity index (χ0v) is 4.72. The third kappa shape index (κ3) is 0.929. The molecule has 1 rings (SSSR count). The summed E-state index contributed by atoms with van der Waals surface area (Å²) in [5.41, 5.74) is 0. The summed E-state index contributed by atoms with van der Waals surface area (Å²) in [5.74, 6) is 0. The highest BCUT2D eigenvalue weighted by atomic mass is 32.2. The van der Waals surface area contributed by atoms with Crippen molar-refractivity contribution in [3.8, 4) is 0 Å². The average molecular weight is 118 g/mol. The Morgan fingerprint density at radius 2 is 2.67 bits per heavy atom. The van der Waals surface area contributed by atoms with Crippen LogP contribution in [0.3, 0.4) is 0 Å². The first-order chi connectivity index (χ1) is 2.89. The molecular weight excluding hydrogens is 114 g/mol. The lowest BCUT2D eigenvalue weighted by atomic mass is 10.7. The summed E-state index contributed by atoms with van der Waals surface area (Å²) in [6.07, 6.45) is 1.91. The van der Waals surface area contributed by atoms with Gasteiger partial charge in [-0.05, 0) is 11.5 Å². The third-order valence-corrected chi connectivity index (χ3v) is 1.48. The molecule has 3 heteroatoms. The van der Waals surface area contributed by atoms with Crippen LogP contribution >= 0.6 is 24.6 Å². The minimum absolute atomic E-state index is 0.931. The van der Waals surface area contributed by atoms with Gasteiger partial charge in [0.2, 0.25) is 0 Å². The van der Waals surface area contributed by atoms with E-state index in [1.54, 1.807) is 0 Å². The second-order valence-electron chi connectivity index (χ2n) is 0.908. The molecule has 0 fully saturated rings. The molecule has 0 aromatic rings. The highest BCUT2D eigenvalue weighted by molar-refractivity contribution is 8.01. The highest BCUT2D eigenvalue weighted by Crippen LogP contribution is 2.17. The van der Waals surface area contributed by atoms with Crippen LogP contribution in [-0.2, 0) is 0 Å². The zero-order valence-electron chi connectivity index (χ0n) is 3.01. The van der Waals surface area contributed by atoms with E-state index in [9.17, 15) is 0 Å². The Bertz CT molecular complexity index is 71.2. The van der Waals surface area contributed by atoms with Crippen molar-refractivity contribution >= 4 is 24.6 Å². The van der Waals surface area contributed by atoms with E-state index < -0.39 is 0 Å². The Labute approximate surface area is 46.7 Å². The Hall–Kier alpha value is 0.400. The van der Waals surface area contributed by atoms with Crippen molar-refractivity contribution < 1.29 is 0 Å². The lowest BCUT2D eigenvalue weighted by molar-refractivity contribution is 1.28. The molecule has 0 saturated carbocycles. The fourth-order valence-corrected chi connectivity index (χ4v) is 1.02. The fourth-order valence-electron chi connectivity index (χ4n) is 0.227. The maximum Gasteiger partial charge on any atom is 0.123 e. The van der Waals surface area contributed by atoms with Gasteiger partial charge in [-0.25, -0.2) is 4.72 Å². The maximum atomic E-state index is 3.99. The minimum Gasteiger partial charge on any atom is -0.239 e. The molecule has 0 bridgehead atoms. The number of nitrogens with one attached hydrogen (secondary N) is 1. The van der Waals surface area contributed by atoms with Gasteiger partial charge in [0.05, 0.1) is 0 Å². The molecule has 1 aliphatic rings. The summed E-state index contributed by atoms with van der Waals surface area (Å²) in [6, 6.07) is 0. The molecule has 0 aliphatic carbocycles. The van der Waals surface area contributed by atoms with Gasteiger partial charge in [-0.15, -0.1) is 12.6 Å². The molecule has 0 spiro atoms. The van der Waals surface area contributed by atoms with Crippen molar-refractivity contribution in [2.45, 2.75) is 0 Å². The summed E-state index contributed by atoms with van der Waals surface area (Å²) in [7, 11) is 0. The van der Waals surface area contributed by atoms with Gasteiger partial charge in [-0.2, -0.15) is 0 Å². The third-order valence-electron chi connectivity index (χ3n) is 0.457. The molecule has 0 saturated heterocycles. The molecule has 0 aromatic carbocycles. The van der Waals surface area contributed by atoms with Crippen LogP contribution in [0.5, 0.6) is 0 Å². The Balaban J connectivity index is 2.38. The van der Waals surface area contributed by atoms with E-state index in [-0.39, 0.29) is 0 Å². The van der Waals surface area contributed by atoms with Crippen LogP contribution in [0.25, 0.3) is 0 Å². The second-order valence-corrected chi connectivity index (χ2v) is 2.10. The summed E-state index contributed by atoms with van der Waals surface area (Å²) < 4.78 is 2.91. The van der Waals surface area contributed by atoms with Crippen LogP contribution in [0.2, 0.25) is 0 Å². The SMILES string of the molecule is S[C]1C=CSN1. The molecule has 33 valence electrons. The van der Waals surface area contributed by atoms with E-state index >= 15 is 0 Å². The maximum absolute atomic E-state index is 3.99. The number of hydrogen-bond acceptors (Lipinski definition) is 3. The Morgan fingerprint density at radius 1 is 1.83 bits per heavy atom. The molecule has 1 N–H and O–H groups in total. The van der Waals surface area contributed by atoms with E-state index in [2.05, 4.69) is 17.4 Å². The lowest BCUT2D eigenvalue weighted by Gasteiger charge is -1.90. The topological polar surface area (TPSA) is 12.0 Å². The molecule has 0 unspecified atom stereocenters. The van der Waals surface area contributed by atoms with Gasteiger partial charge >= 0.3 is 0 Å². The first-order valence-corrected chi connectivity index (χ1v) is 2.86. The molecule has 1 aliphatic heterocycles. The first-order valence-electron chi connectivity index (χ1n) is 1.54. The molecule has 1 radical (unpaired) electrons. The first kappa shape index (κ1) is 4.56. The van der Waals surface area contributed by atoms with Crippen molar-refractivity contribution in [2.24, 2.45) is 0 Å². The van der Waals surface area contributed by atoms with Crippen LogP contribution in [-0.4, -0.2) is 0 Å². The number of hydrogen-bond donors (Lipinski definition) is 2. The van der Waals surface area contributed by atoms with E-state index in [0.29, 0.717) is 0 Å². The van der Waals surface area contributed by atoms with Gasteiger partial charge in [-0.3, -0.25) is 0 Å². The van der Waals surface area contributed by atoms with Gasteiger partial charge in [0.15, 0.2) is 0 Å². The van der Waals surface area contributed by atoms with E-state index in [4.69, 9.17) is 0 Å². The number of rotatable bonds is 0. The largest absolute Gasteiger partial charge is 0.239 e. The van der Waals surface area contributed by atoms with Gasteiger partial charge in [-0.1, -0.05) is 11.9 Å². The predicted octanol–water partition coefficient (Wildman–Crippen LogP) is 1.17. The standard InChI is InChI=1S/C3H4NS2/c5-3-1-2-6-4-3/h1-2,4-5H. The smallest absolute Gasteiger partial charge is 0.123 e.